The highest BCUT2D eigenvalue weighted by atomic mass is 16.5. The van der Waals surface area contributed by atoms with Crippen molar-refractivity contribution in [3.63, 3.8) is 0 Å². The van der Waals surface area contributed by atoms with Gasteiger partial charge in [0.1, 0.15) is 0 Å². The van der Waals surface area contributed by atoms with E-state index in [1.54, 1.807) is 0 Å². The van der Waals surface area contributed by atoms with Crippen LogP contribution in [0.1, 0.15) is 29.2 Å². The zero-order chi connectivity index (χ0) is 12.5. The summed E-state index contributed by atoms with van der Waals surface area (Å²) in [6.45, 7) is 2.00. The number of carboxylic acid groups (broad SMARTS) is 1. The lowest BCUT2D eigenvalue weighted by Crippen LogP contribution is -2.19. The van der Waals surface area contributed by atoms with Crippen LogP contribution in [0.4, 0.5) is 0 Å². The van der Waals surface area contributed by atoms with Crippen LogP contribution in [0.25, 0.3) is 0 Å². The molecule has 1 saturated heterocycles. The van der Waals surface area contributed by atoms with Crippen molar-refractivity contribution in [1.29, 1.82) is 0 Å². The topological polar surface area (TPSA) is 58.6 Å². The standard InChI is InChI=1S/C14H17NO3/c16-14(17)10-6-13(15-7-10)11-3-1-2-9-4-5-18-8-12(9)11/h1-3,10,13,15H,4-8H2,(H,16,17). The highest BCUT2D eigenvalue weighted by Gasteiger charge is 2.31. The smallest absolute Gasteiger partial charge is 0.307 e. The second-order valence-electron chi connectivity index (χ2n) is 5.02. The number of hydrogen-bond donors (Lipinski definition) is 2. The van der Waals surface area contributed by atoms with E-state index in [1.165, 1.54) is 16.7 Å². The largest absolute Gasteiger partial charge is 0.481 e. The summed E-state index contributed by atoms with van der Waals surface area (Å²) in [5.74, 6) is -0.971. The number of rotatable bonds is 2. The number of nitrogens with one attached hydrogen (secondary N) is 1. The molecule has 0 saturated carbocycles. The second-order valence-corrected chi connectivity index (χ2v) is 5.02. The molecule has 0 aliphatic carbocycles. The van der Waals surface area contributed by atoms with Crippen molar-refractivity contribution in [1.82, 2.24) is 5.32 Å². The molecule has 2 N–H and O–H groups in total. The van der Waals surface area contributed by atoms with Gasteiger partial charge in [0.2, 0.25) is 0 Å². The summed E-state index contributed by atoms with van der Waals surface area (Å²) in [5, 5.41) is 12.4. The average molecular weight is 247 g/mol. The normalized spacial score (nSPS) is 26.9. The maximum atomic E-state index is 11.0. The van der Waals surface area contributed by atoms with Gasteiger partial charge in [-0.3, -0.25) is 4.79 Å². The number of carboxylic acids is 1. The van der Waals surface area contributed by atoms with E-state index in [9.17, 15) is 4.79 Å². The Morgan fingerprint density at radius 3 is 3.11 bits per heavy atom. The van der Waals surface area contributed by atoms with Gasteiger partial charge in [-0.2, -0.15) is 0 Å². The maximum Gasteiger partial charge on any atom is 0.307 e. The van der Waals surface area contributed by atoms with Gasteiger partial charge in [0.15, 0.2) is 0 Å². The molecule has 0 amide bonds. The molecule has 18 heavy (non-hydrogen) atoms. The van der Waals surface area contributed by atoms with Crippen molar-refractivity contribution < 1.29 is 14.6 Å². The molecule has 2 aliphatic rings. The third kappa shape index (κ3) is 2.02. The summed E-state index contributed by atoms with van der Waals surface area (Å²) in [5.41, 5.74) is 3.82. The fourth-order valence-electron chi connectivity index (χ4n) is 2.91. The first-order chi connectivity index (χ1) is 8.75. The summed E-state index contributed by atoms with van der Waals surface area (Å²) < 4.78 is 5.53. The van der Waals surface area contributed by atoms with Gasteiger partial charge in [-0.25, -0.2) is 0 Å². The molecule has 2 aliphatic heterocycles. The van der Waals surface area contributed by atoms with E-state index in [2.05, 4.69) is 23.5 Å². The minimum absolute atomic E-state index is 0.155. The molecule has 0 spiro atoms. The van der Waals surface area contributed by atoms with E-state index < -0.39 is 5.97 Å². The van der Waals surface area contributed by atoms with Crippen molar-refractivity contribution in [3.05, 3.63) is 34.9 Å². The number of aliphatic carboxylic acids is 1. The summed E-state index contributed by atoms with van der Waals surface area (Å²) in [6.07, 6.45) is 1.63. The van der Waals surface area contributed by atoms with Crippen LogP contribution in [0.2, 0.25) is 0 Å². The molecule has 4 nitrogen and oxygen atoms in total. The van der Waals surface area contributed by atoms with Crippen molar-refractivity contribution in [2.24, 2.45) is 5.92 Å². The van der Waals surface area contributed by atoms with Crippen molar-refractivity contribution >= 4 is 5.97 Å². The van der Waals surface area contributed by atoms with E-state index >= 15 is 0 Å². The summed E-state index contributed by atoms with van der Waals surface area (Å²) >= 11 is 0. The average Bonchev–Trinajstić information content (AvgIpc) is 2.87. The van der Waals surface area contributed by atoms with E-state index in [-0.39, 0.29) is 12.0 Å². The molecular formula is C14H17NO3. The molecule has 4 heteroatoms. The SMILES string of the molecule is O=C(O)C1CNC(c2cccc3c2COCC3)C1. The first kappa shape index (κ1) is 11.7. The van der Waals surface area contributed by atoms with Crippen molar-refractivity contribution in [2.75, 3.05) is 13.2 Å². The molecule has 0 radical (unpaired) electrons. The molecule has 1 aromatic carbocycles. The first-order valence-corrected chi connectivity index (χ1v) is 6.40. The van der Waals surface area contributed by atoms with Crippen molar-refractivity contribution in [3.8, 4) is 0 Å². The van der Waals surface area contributed by atoms with Gasteiger partial charge in [-0.1, -0.05) is 18.2 Å². The minimum Gasteiger partial charge on any atom is -0.481 e. The van der Waals surface area contributed by atoms with Crippen LogP contribution in [0.5, 0.6) is 0 Å². The van der Waals surface area contributed by atoms with Crippen LogP contribution >= 0.6 is 0 Å². The van der Waals surface area contributed by atoms with Crippen LogP contribution in [0.3, 0.4) is 0 Å². The Hall–Kier alpha value is -1.39. The highest BCUT2D eigenvalue weighted by Crippen LogP contribution is 2.32. The van der Waals surface area contributed by atoms with Gasteiger partial charge in [-0.15, -0.1) is 0 Å². The van der Waals surface area contributed by atoms with E-state index in [4.69, 9.17) is 9.84 Å². The Bertz CT molecular complexity index is 472. The van der Waals surface area contributed by atoms with Crippen molar-refractivity contribution in [2.45, 2.75) is 25.5 Å². The Labute approximate surface area is 106 Å². The molecule has 0 aromatic heterocycles. The Kier molecular flexibility index (Phi) is 3.06. The predicted octanol–water partition coefficient (Wildman–Crippen LogP) is 1.49. The summed E-state index contributed by atoms with van der Waals surface area (Å²) in [4.78, 5) is 11.0. The Morgan fingerprint density at radius 2 is 2.33 bits per heavy atom. The molecule has 3 rings (SSSR count). The molecule has 1 fully saturated rings. The van der Waals surface area contributed by atoms with Gasteiger partial charge in [0.05, 0.1) is 19.1 Å². The van der Waals surface area contributed by atoms with Crippen LogP contribution in [-0.2, 0) is 22.6 Å². The monoisotopic (exact) mass is 247 g/mol. The predicted molar refractivity (Wildman–Crippen MR) is 66.3 cm³/mol. The van der Waals surface area contributed by atoms with E-state index in [1.807, 2.05) is 0 Å². The van der Waals surface area contributed by atoms with Gasteiger partial charge in [0, 0.05) is 12.6 Å². The first-order valence-electron chi connectivity index (χ1n) is 6.40. The van der Waals surface area contributed by atoms with Gasteiger partial charge < -0.3 is 15.2 Å². The Balaban J connectivity index is 1.87. The fourth-order valence-corrected chi connectivity index (χ4v) is 2.91. The zero-order valence-corrected chi connectivity index (χ0v) is 10.2. The van der Waals surface area contributed by atoms with Gasteiger partial charge in [0.25, 0.3) is 0 Å². The molecular weight excluding hydrogens is 230 g/mol. The number of fused-ring (bicyclic) bond motifs is 1. The van der Waals surface area contributed by atoms with Gasteiger partial charge >= 0.3 is 5.97 Å². The highest BCUT2D eigenvalue weighted by molar-refractivity contribution is 5.70. The van der Waals surface area contributed by atoms with Crippen LogP contribution in [0.15, 0.2) is 18.2 Å². The lowest BCUT2D eigenvalue weighted by atomic mass is 9.91. The van der Waals surface area contributed by atoms with Crippen LogP contribution < -0.4 is 5.32 Å². The summed E-state index contributed by atoms with van der Waals surface area (Å²) in [6, 6.07) is 6.46. The minimum atomic E-state index is -0.703. The maximum absolute atomic E-state index is 11.0. The van der Waals surface area contributed by atoms with E-state index in [0.29, 0.717) is 19.6 Å². The second kappa shape index (κ2) is 4.71. The van der Waals surface area contributed by atoms with Crippen LogP contribution in [-0.4, -0.2) is 24.2 Å². The fraction of sp³-hybridized carbons (Fsp3) is 0.500. The summed E-state index contributed by atoms with van der Waals surface area (Å²) in [7, 11) is 0. The molecule has 2 unspecified atom stereocenters. The molecule has 2 heterocycles. The quantitative estimate of drug-likeness (QED) is 0.831. The van der Waals surface area contributed by atoms with Crippen LogP contribution in [0, 0.1) is 5.92 Å². The molecule has 1 aromatic rings. The zero-order valence-electron chi connectivity index (χ0n) is 10.2. The number of ether oxygens (including phenoxy) is 1. The number of carbonyl (C=O) groups is 1. The lowest BCUT2D eigenvalue weighted by molar-refractivity contribution is -0.141. The molecule has 96 valence electrons. The van der Waals surface area contributed by atoms with E-state index in [0.717, 1.165) is 13.0 Å². The lowest BCUT2D eigenvalue weighted by Gasteiger charge is -2.23. The van der Waals surface area contributed by atoms with Gasteiger partial charge in [-0.05, 0) is 29.5 Å². The molecule has 2 atom stereocenters. The number of hydrogen-bond acceptors (Lipinski definition) is 3. The Morgan fingerprint density at radius 1 is 1.44 bits per heavy atom. The third-order valence-electron chi connectivity index (χ3n) is 3.93. The number of benzene rings is 1. The molecule has 0 bridgehead atoms. The third-order valence-corrected chi connectivity index (χ3v) is 3.93.